The van der Waals surface area contributed by atoms with E-state index in [-0.39, 0.29) is 11.9 Å². The average molecular weight is 249 g/mol. The third-order valence-electron chi connectivity index (χ3n) is 3.73. The van der Waals surface area contributed by atoms with Crippen molar-refractivity contribution in [1.82, 2.24) is 14.5 Å². The molecule has 0 aliphatic carbocycles. The second-order valence-corrected chi connectivity index (χ2v) is 5.81. The SMILES string of the molecule is CC1CC(C)CN(C(=O)CC(C)n2ccnc2)C1. The van der Waals surface area contributed by atoms with E-state index in [4.69, 9.17) is 0 Å². The first-order chi connectivity index (χ1) is 8.56. The Kier molecular flexibility index (Phi) is 4.04. The molecule has 1 aromatic heterocycles. The Morgan fingerprint density at radius 2 is 2.06 bits per heavy atom. The summed E-state index contributed by atoms with van der Waals surface area (Å²) in [6.45, 7) is 8.36. The second-order valence-electron chi connectivity index (χ2n) is 5.81. The van der Waals surface area contributed by atoms with Crippen molar-refractivity contribution in [1.29, 1.82) is 0 Å². The highest BCUT2D eigenvalue weighted by atomic mass is 16.2. The maximum Gasteiger partial charge on any atom is 0.224 e. The van der Waals surface area contributed by atoms with E-state index in [0.717, 1.165) is 13.1 Å². The highest BCUT2D eigenvalue weighted by molar-refractivity contribution is 5.76. The Bertz CT molecular complexity index is 378. The summed E-state index contributed by atoms with van der Waals surface area (Å²) in [7, 11) is 0. The monoisotopic (exact) mass is 249 g/mol. The van der Waals surface area contributed by atoms with Crippen LogP contribution >= 0.6 is 0 Å². The summed E-state index contributed by atoms with van der Waals surface area (Å²) in [6.07, 6.45) is 7.25. The minimum Gasteiger partial charge on any atom is -0.342 e. The molecular formula is C14H23N3O. The summed E-state index contributed by atoms with van der Waals surface area (Å²) in [4.78, 5) is 18.3. The maximum absolute atomic E-state index is 12.3. The van der Waals surface area contributed by atoms with Gasteiger partial charge in [0.1, 0.15) is 0 Å². The normalized spacial score (nSPS) is 26.1. The molecule has 2 rings (SSSR count). The van der Waals surface area contributed by atoms with Gasteiger partial charge in [0.25, 0.3) is 0 Å². The Morgan fingerprint density at radius 3 is 2.61 bits per heavy atom. The lowest BCUT2D eigenvalue weighted by Crippen LogP contribution is -2.43. The molecule has 4 heteroatoms. The van der Waals surface area contributed by atoms with E-state index in [9.17, 15) is 4.79 Å². The smallest absolute Gasteiger partial charge is 0.224 e. The van der Waals surface area contributed by atoms with Gasteiger partial charge in [0.15, 0.2) is 0 Å². The fourth-order valence-electron chi connectivity index (χ4n) is 2.88. The Balaban J connectivity index is 1.91. The van der Waals surface area contributed by atoms with E-state index in [1.54, 1.807) is 12.5 Å². The summed E-state index contributed by atoms with van der Waals surface area (Å²) in [5.41, 5.74) is 0. The molecular weight excluding hydrogens is 226 g/mol. The van der Waals surface area contributed by atoms with E-state index in [1.807, 2.05) is 15.7 Å². The van der Waals surface area contributed by atoms with E-state index in [2.05, 4.69) is 25.8 Å². The molecule has 1 aliphatic rings. The van der Waals surface area contributed by atoms with E-state index >= 15 is 0 Å². The summed E-state index contributed by atoms with van der Waals surface area (Å²) in [6, 6.07) is 0.188. The standard InChI is InChI=1S/C14H23N3O/c1-11-6-12(2)9-17(8-11)14(18)7-13(3)16-5-4-15-10-16/h4-5,10-13H,6-9H2,1-3H3. The number of hydrogen-bond acceptors (Lipinski definition) is 2. The zero-order valence-corrected chi connectivity index (χ0v) is 11.5. The van der Waals surface area contributed by atoms with E-state index in [1.165, 1.54) is 6.42 Å². The van der Waals surface area contributed by atoms with Crippen molar-refractivity contribution in [2.45, 2.75) is 39.7 Å². The average Bonchev–Trinajstić information content (AvgIpc) is 2.80. The molecule has 2 heterocycles. The molecule has 18 heavy (non-hydrogen) atoms. The lowest BCUT2D eigenvalue weighted by atomic mass is 9.91. The number of rotatable bonds is 3. The van der Waals surface area contributed by atoms with Gasteiger partial charge in [-0.05, 0) is 25.2 Å². The predicted octanol–water partition coefficient (Wildman–Crippen LogP) is 2.34. The molecule has 3 atom stereocenters. The van der Waals surface area contributed by atoms with E-state index in [0.29, 0.717) is 18.3 Å². The van der Waals surface area contributed by atoms with Gasteiger partial charge in [-0.15, -0.1) is 0 Å². The van der Waals surface area contributed by atoms with Gasteiger partial charge in [0.2, 0.25) is 5.91 Å². The molecule has 1 aliphatic heterocycles. The van der Waals surface area contributed by atoms with Crippen LogP contribution in [0, 0.1) is 11.8 Å². The zero-order chi connectivity index (χ0) is 13.1. The molecule has 0 saturated carbocycles. The first kappa shape index (κ1) is 13.1. The maximum atomic E-state index is 12.3. The molecule has 1 fully saturated rings. The minimum atomic E-state index is 0.188. The molecule has 0 radical (unpaired) electrons. The van der Waals surface area contributed by atoms with Crippen LogP contribution in [-0.4, -0.2) is 33.4 Å². The molecule has 1 aromatic rings. The van der Waals surface area contributed by atoms with Crippen LogP contribution in [0.4, 0.5) is 0 Å². The number of likely N-dealkylation sites (tertiary alicyclic amines) is 1. The highest BCUT2D eigenvalue weighted by Gasteiger charge is 2.26. The molecule has 0 aromatic carbocycles. The van der Waals surface area contributed by atoms with Gasteiger partial charge in [-0.25, -0.2) is 4.98 Å². The Morgan fingerprint density at radius 1 is 1.39 bits per heavy atom. The van der Waals surface area contributed by atoms with Crippen molar-refractivity contribution in [3.05, 3.63) is 18.7 Å². The first-order valence-corrected chi connectivity index (χ1v) is 6.81. The third kappa shape index (κ3) is 3.12. The number of amides is 1. The number of hydrogen-bond donors (Lipinski definition) is 0. The van der Waals surface area contributed by atoms with Crippen LogP contribution in [-0.2, 0) is 4.79 Å². The molecule has 0 bridgehead atoms. The summed E-state index contributed by atoms with van der Waals surface area (Å²) in [5, 5.41) is 0. The van der Waals surface area contributed by atoms with Crippen LogP contribution in [0.5, 0.6) is 0 Å². The largest absolute Gasteiger partial charge is 0.342 e. The minimum absolute atomic E-state index is 0.188. The fourth-order valence-corrected chi connectivity index (χ4v) is 2.88. The molecule has 1 amide bonds. The molecule has 100 valence electrons. The van der Waals surface area contributed by atoms with Gasteiger partial charge in [-0.1, -0.05) is 13.8 Å². The van der Waals surface area contributed by atoms with Gasteiger partial charge >= 0.3 is 0 Å². The highest BCUT2D eigenvalue weighted by Crippen LogP contribution is 2.22. The van der Waals surface area contributed by atoms with Crippen molar-refractivity contribution < 1.29 is 4.79 Å². The quantitative estimate of drug-likeness (QED) is 0.824. The van der Waals surface area contributed by atoms with Gasteiger partial charge in [-0.2, -0.15) is 0 Å². The second kappa shape index (κ2) is 5.55. The number of piperidine rings is 1. The molecule has 0 spiro atoms. The van der Waals surface area contributed by atoms with Crippen LogP contribution in [0.25, 0.3) is 0 Å². The number of aromatic nitrogens is 2. The fraction of sp³-hybridized carbons (Fsp3) is 0.714. The van der Waals surface area contributed by atoms with Crippen molar-refractivity contribution in [2.24, 2.45) is 11.8 Å². The van der Waals surface area contributed by atoms with Gasteiger partial charge in [-0.3, -0.25) is 4.79 Å². The lowest BCUT2D eigenvalue weighted by molar-refractivity contribution is -0.134. The van der Waals surface area contributed by atoms with Gasteiger partial charge in [0.05, 0.1) is 6.33 Å². The first-order valence-electron chi connectivity index (χ1n) is 6.81. The summed E-state index contributed by atoms with van der Waals surface area (Å²) >= 11 is 0. The van der Waals surface area contributed by atoms with Crippen molar-refractivity contribution in [3.63, 3.8) is 0 Å². The zero-order valence-electron chi connectivity index (χ0n) is 11.5. The third-order valence-corrected chi connectivity index (χ3v) is 3.73. The van der Waals surface area contributed by atoms with Crippen LogP contribution in [0.1, 0.15) is 39.7 Å². The van der Waals surface area contributed by atoms with Gasteiger partial charge < -0.3 is 9.47 Å². The number of nitrogens with zero attached hydrogens (tertiary/aromatic N) is 3. The van der Waals surface area contributed by atoms with Crippen LogP contribution < -0.4 is 0 Å². The Hall–Kier alpha value is -1.32. The molecule has 4 nitrogen and oxygen atoms in total. The van der Waals surface area contributed by atoms with Crippen LogP contribution in [0.15, 0.2) is 18.7 Å². The van der Waals surface area contributed by atoms with Crippen LogP contribution in [0.2, 0.25) is 0 Å². The number of carbonyl (C=O) groups excluding carboxylic acids is 1. The molecule has 1 saturated heterocycles. The van der Waals surface area contributed by atoms with Crippen molar-refractivity contribution in [3.8, 4) is 0 Å². The summed E-state index contributed by atoms with van der Waals surface area (Å²) < 4.78 is 1.99. The van der Waals surface area contributed by atoms with Crippen molar-refractivity contribution >= 4 is 5.91 Å². The number of imidazole rings is 1. The topological polar surface area (TPSA) is 38.1 Å². The number of carbonyl (C=O) groups is 1. The predicted molar refractivity (Wildman–Crippen MR) is 71.1 cm³/mol. The Labute approximate surface area is 109 Å². The van der Waals surface area contributed by atoms with Crippen LogP contribution in [0.3, 0.4) is 0 Å². The lowest BCUT2D eigenvalue weighted by Gasteiger charge is -2.35. The van der Waals surface area contributed by atoms with Gasteiger partial charge in [0, 0.05) is 37.9 Å². The summed E-state index contributed by atoms with van der Waals surface area (Å²) in [5.74, 6) is 1.53. The van der Waals surface area contributed by atoms with Crippen molar-refractivity contribution in [2.75, 3.05) is 13.1 Å². The molecule has 3 unspecified atom stereocenters. The van der Waals surface area contributed by atoms with E-state index < -0.39 is 0 Å². The molecule has 0 N–H and O–H groups in total.